The van der Waals surface area contributed by atoms with Gasteiger partial charge in [-0.2, -0.15) is 0 Å². The standard InChI is InChI=1S/C24H18BrFN4O4/c1-34-23(32)17-12-15(20(31)22-29-21(25)19-4-2-3-11-30(19)22)7-10-18(17)28-24(33)27-13-14-5-8-16(26)9-6-14/h2-12H,13H2,1H3,(H2,27,28,33). The number of aromatic nitrogens is 2. The van der Waals surface area contributed by atoms with Gasteiger partial charge in [0.05, 0.1) is 23.9 Å². The molecule has 0 radical (unpaired) electrons. The number of amides is 2. The number of benzene rings is 2. The summed E-state index contributed by atoms with van der Waals surface area (Å²) in [6.07, 6.45) is 1.71. The number of urea groups is 1. The molecule has 0 aliphatic heterocycles. The van der Waals surface area contributed by atoms with Crippen LogP contribution in [0, 0.1) is 5.82 Å². The summed E-state index contributed by atoms with van der Waals surface area (Å²) >= 11 is 3.35. The number of hydrogen-bond donors (Lipinski definition) is 2. The van der Waals surface area contributed by atoms with Crippen molar-refractivity contribution in [2.75, 3.05) is 12.4 Å². The molecule has 2 heterocycles. The summed E-state index contributed by atoms with van der Waals surface area (Å²) in [5.41, 5.74) is 1.78. The molecule has 0 spiro atoms. The Morgan fingerprint density at radius 3 is 2.59 bits per heavy atom. The Labute approximate surface area is 201 Å². The van der Waals surface area contributed by atoms with Crippen molar-refractivity contribution in [1.82, 2.24) is 14.7 Å². The molecule has 4 aromatic rings. The number of ketones is 1. The number of hydrogen-bond acceptors (Lipinski definition) is 5. The third kappa shape index (κ3) is 4.81. The van der Waals surface area contributed by atoms with Gasteiger partial charge >= 0.3 is 12.0 Å². The molecule has 10 heteroatoms. The number of fused-ring (bicyclic) bond motifs is 1. The first kappa shape index (κ1) is 23.1. The van der Waals surface area contributed by atoms with Crippen LogP contribution < -0.4 is 10.6 Å². The highest BCUT2D eigenvalue weighted by Gasteiger charge is 2.22. The Morgan fingerprint density at radius 2 is 1.85 bits per heavy atom. The van der Waals surface area contributed by atoms with Gasteiger partial charge in [0.2, 0.25) is 5.78 Å². The van der Waals surface area contributed by atoms with Crippen molar-refractivity contribution in [3.05, 3.63) is 99.8 Å². The van der Waals surface area contributed by atoms with Crippen molar-refractivity contribution in [2.45, 2.75) is 6.54 Å². The van der Waals surface area contributed by atoms with Crippen molar-refractivity contribution in [2.24, 2.45) is 0 Å². The van der Waals surface area contributed by atoms with Gasteiger partial charge in [0.1, 0.15) is 10.4 Å². The van der Waals surface area contributed by atoms with Crippen LogP contribution >= 0.6 is 15.9 Å². The van der Waals surface area contributed by atoms with Crippen molar-refractivity contribution in [3.63, 3.8) is 0 Å². The Kier molecular flexibility index (Phi) is 6.69. The molecule has 2 aromatic heterocycles. The predicted molar refractivity (Wildman–Crippen MR) is 126 cm³/mol. The highest BCUT2D eigenvalue weighted by atomic mass is 79.9. The summed E-state index contributed by atoms with van der Waals surface area (Å²) in [5.74, 6) is -1.35. The topological polar surface area (TPSA) is 102 Å². The third-order valence-corrected chi connectivity index (χ3v) is 5.59. The summed E-state index contributed by atoms with van der Waals surface area (Å²) in [5, 5.41) is 5.21. The molecular formula is C24H18BrFN4O4. The van der Waals surface area contributed by atoms with Gasteiger partial charge in [-0.3, -0.25) is 9.20 Å². The Bertz CT molecular complexity index is 1400. The molecule has 4 rings (SSSR count). The van der Waals surface area contributed by atoms with Crippen LogP contribution in [0.1, 0.15) is 32.1 Å². The van der Waals surface area contributed by atoms with Crippen LogP contribution in [0.4, 0.5) is 14.9 Å². The highest BCUT2D eigenvalue weighted by molar-refractivity contribution is 9.10. The monoisotopic (exact) mass is 524 g/mol. The van der Waals surface area contributed by atoms with Crippen LogP contribution in [0.5, 0.6) is 0 Å². The van der Waals surface area contributed by atoms with Crippen LogP contribution in [0.15, 0.2) is 71.5 Å². The van der Waals surface area contributed by atoms with Crippen LogP contribution in [-0.4, -0.2) is 34.3 Å². The van der Waals surface area contributed by atoms with E-state index in [9.17, 15) is 18.8 Å². The summed E-state index contributed by atoms with van der Waals surface area (Å²) in [6.45, 7) is 0.151. The van der Waals surface area contributed by atoms with Crippen LogP contribution in [0.3, 0.4) is 0 Å². The molecule has 0 bridgehead atoms. The van der Waals surface area contributed by atoms with E-state index in [0.29, 0.717) is 10.2 Å². The van der Waals surface area contributed by atoms with E-state index >= 15 is 0 Å². The maximum atomic E-state index is 13.2. The maximum absolute atomic E-state index is 13.2. The zero-order valence-electron chi connectivity index (χ0n) is 17.8. The number of halogens is 2. The minimum absolute atomic E-state index is 0.00482. The second-order valence-electron chi connectivity index (χ2n) is 7.20. The lowest BCUT2D eigenvalue weighted by Gasteiger charge is -2.12. The predicted octanol–water partition coefficient (Wildman–Crippen LogP) is 4.58. The third-order valence-electron chi connectivity index (χ3n) is 5.01. The fourth-order valence-corrected chi connectivity index (χ4v) is 3.80. The zero-order chi connectivity index (χ0) is 24.2. The SMILES string of the molecule is COC(=O)c1cc(C(=O)c2nc(Br)c3ccccn23)ccc1NC(=O)NCc1ccc(F)cc1. The van der Waals surface area contributed by atoms with Gasteiger partial charge in [-0.25, -0.2) is 19.0 Å². The van der Waals surface area contributed by atoms with E-state index in [2.05, 4.69) is 31.5 Å². The van der Waals surface area contributed by atoms with Gasteiger partial charge in [-0.05, 0) is 64.0 Å². The number of methoxy groups -OCH3 is 1. The summed E-state index contributed by atoms with van der Waals surface area (Å²) in [4.78, 5) is 42.2. The van der Waals surface area contributed by atoms with Gasteiger partial charge in [0.15, 0.2) is 5.82 Å². The Morgan fingerprint density at radius 1 is 1.09 bits per heavy atom. The summed E-state index contributed by atoms with van der Waals surface area (Å²) in [6, 6.07) is 14.8. The average Bonchev–Trinajstić information content (AvgIpc) is 3.19. The molecule has 0 saturated heterocycles. The molecule has 0 aliphatic carbocycles. The lowest BCUT2D eigenvalue weighted by molar-refractivity contribution is 0.0602. The fraction of sp³-hybridized carbons (Fsp3) is 0.0833. The molecule has 2 N–H and O–H groups in total. The number of nitrogens with one attached hydrogen (secondary N) is 2. The second kappa shape index (κ2) is 9.84. The normalized spacial score (nSPS) is 10.7. The number of carbonyl (C=O) groups excluding carboxylic acids is 3. The van der Waals surface area contributed by atoms with E-state index in [1.54, 1.807) is 28.8 Å². The van der Waals surface area contributed by atoms with E-state index in [-0.39, 0.29) is 35.0 Å². The van der Waals surface area contributed by atoms with Crippen molar-refractivity contribution in [3.8, 4) is 0 Å². The molecule has 2 aromatic carbocycles. The number of ether oxygens (including phenoxy) is 1. The van der Waals surface area contributed by atoms with Gasteiger partial charge in [0, 0.05) is 18.3 Å². The van der Waals surface area contributed by atoms with Crippen molar-refractivity contribution >= 4 is 44.9 Å². The number of imidazole rings is 1. The first-order valence-electron chi connectivity index (χ1n) is 10.1. The highest BCUT2D eigenvalue weighted by Crippen LogP contribution is 2.24. The number of nitrogens with zero attached hydrogens (tertiary/aromatic N) is 2. The molecule has 0 saturated carbocycles. The Hall–Kier alpha value is -4.05. The fourth-order valence-electron chi connectivity index (χ4n) is 3.31. The first-order chi connectivity index (χ1) is 16.4. The van der Waals surface area contributed by atoms with Gasteiger partial charge < -0.3 is 15.4 Å². The van der Waals surface area contributed by atoms with E-state index < -0.39 is 17.8 Å². The van der Waals surface area contributed by atoms with Crippen molar-refractivity contribution in [1.29, 1.82) is 0 Å². The molecule has 0 unspecified atom stereocenters. The van der Waals surface area contributed by atoms with E-state index in [1.807, 2.05) is 12.1 Å². The quantitative estimate of drug-likeness (QED) is 0.284. The lowest BCUT2D eigenvalue weighted by Crippen LogP contribution is -2.29. The molecule has 0 aliphatic rings. The molecule has 172 valence electrons. The van der Waals surface area contributed by atoms with Gasteiger partial charge in [-0.1, -0.05) is 18.2 Å². The van der Waals surface area contributed by atoms with Crippen molar-refractivity contribution < 1.29 is 23.5 Å². The molecular weight excluding hydrogens is 507 g/mol. The molecule has 34 heavy (non-hydrogen) atoms. The second-order valence-corrected chi connectivity index (χ2v) is 7.95. The zero-order valence-corrected chi connectivity index (χ0v) is 19.4. The molecule has 2 amide bonds. The number of esters is 1. The lowest BCUT2D eigenvalue weighted by atomic mass is 10.0. The molecule has 8 nitrogen and oxygen atoms in total. The van der Waals surface area contributed by atoms with E-state index in [4.69, 9.17) is 4.74 Å². The smallest absolute Gasteiger partial charge is 0.339 e. The summed E-state index contributed by atoms with van der Waals surface area (Å²) in [7, 11) is 1.20. The van der Waals surface area contributed by atoms with Gasteiger partial charge in [-0.15, -0.1) is 0 Å². The van der Waals surface area contributed by atoms with E-state index in [0.717, 1.165) is 5.52 Å². The molecule has 0 fully saturated rings. The van der Waals surface area contributed by atoms with Crippen LogP contribution in [-0.2, 0) is 11.3 Å². The number of rotatable bonds is 6. The van der Waals surface area contributed by atoms with Gasteiger partial charge in [0.25, 0.3) is 0 Å². The first-order valence-corrected chi connectivity index (χ1v) is 10.9. The minimum Gasteiger partial charge on any atom is -0.465 e. The average molecular weight is 525 g/mol. The number of carbonyl (C=O) groups is 3. The molecule has 0 atom stereocenters. The van der Waals surface area contributed by atoms with Crippen LogP contribution in [0.2, 0.25) is 0 Å². The largest absolute Gasteiger partial charge is 0.465 e. The summed E-state index contributed by atoms with van der Waals surface area (Å²) < 4.78 is 20.0. The number of pyridine rings is 1. The van der Waals surface area contributed by atoms with E-state index in [1.165, 1.54) is 37.4 Å². The number of anilines is 1. The minimum atomic E-state index is -0.724. The maximum Gasteiger partial charge on any atom is 0.339 e. The van der Waals surface area contributed by atoms with Crippen LogP contribution in [0.25, 0.3) is 5.52 Å². The Balaban J connectivity index is 1.57.